The van der Waals surface area contributed by atoms with Gasteiger partial charge in [0.05, 0.1) is 5.69 Å². The van der Waals surface area contributed by atoms with Crippen molar-refractivity contribution in [2.24, 2.45) is 5.84 Å². The van der Waals surface area contributed by atoms with Gasteiger partial charge in [-0.1, -0.05) is 18.2 Å². The van der Waals surface area contributed by atoms with Crippen LogP contribution >= 0.6 is 0 Å². The monoisotopic (exact) mass is 269 g/mol. The van der Waals surface area contributed by atoms with Crippen molar-refractivity contribution >= 4 is 23.2 Å². The SMILES string of the molecule is CC(=O)c1ccc(N(N)C(=O)Nc2ccccc2)cc1. The normalized spacial score (nSPS) is 9.90. The van der Waals surface area contributed by atoms with E-state index in [-0.39, 0.29) is 5.78 Å². The van der Waals surface area contributed by atoms with Gasteiger partial charge in [0, 0.05) is 11.3 Å². The average molecular weight is 269 g/mol. The van der Waals surface area contributed by atoms with Gasteiger partial charge in [0.2, 0.25) is 0 Å². The maximum Gasteiger partial charge on any atom is 0.340 e. The number of carbonyl (C=O) groups excluding carboxylic acids is 2. The lowest BCUT2D eigenvalue weighted by atomic mass is 10.1. The zero-order valence-electron chi connectivity index (χ0n) is 11.0. The van der Waals surface area contributed by atoms with E-state index in [4.69, 9.17) is 5.84 Å². The molecule has 0 bridgehead atoms. The minimum Gasteiger partial charge on any atom is -0.306 e. The molecule has 102 valence electrons. The highest BCUT2D eigenvalue weighted by molar-refractivity contribution is 6.01. The first-order valence-corrected chi connectivity index (χ1v) is 6.10. The van der Waals surface area contributed by atoms with Crippen molar-refractivity contribution in [2.45, 2.75) is 6.92 Å². The number of carbonyl (C=O) groups is 2. The summed E-state index contributed by atoms with van der Waals surface area (Å²) in [7, 11) is 0. The number of rotatable bonds is 3. The molecule has 0 heterocycles. The third-order valence-corrected chi connectivity index (χ3v) is 2.80. The van der Waals surface area contributed by atoms with E-state index in [2.05, 4.69) is 5.32 Å². The number of nitrogens with two attached hydrogens (primary N) is 1. The smallest absolute Gasteiger partial charge is 0.306 e. The van der Waals surface area contributed by atoms with Gasteiger partial charge in [-0.05, 0) is 43.3 Å². The topological polar surface area (TPSA) is 75.4 Å². The molecule has 3 N–H and O–H groups in total. The van der Waals surface area contributed by atoms with Gasteiger partial charge in [-0.3, -0.25) is 4.79 Å². The Labute approximate surface area is 117 Å². The van der Waals surface area contributed by atoms with Gasteiger partial charge in [-0.2, -0.15) is 0 Å². The van der Waals surface area contributed by atoms with Crippen LogP contribution in [0.2, 0.25) is 0 Å². The number of benzene rings is 2. The van der Waals surface area contributed by atoms with Crippen molar-refractivity contribution in [1.82, 2.24) is 0 Å². The van der Waals surface area contributed by atoms with Crippen molar-refractivity contribution in [1.29, 1.82) is 0 Å². The fourth-order valence-electron chi connectivity index (χ4n) is 1.68. The molecule has 0 saturated heterocycles. The summed E-state index contributed by atoms with van der Waals surface area (Å²) in [4.78, 5) is 23.1. The number of nitrogens with one attached hydrogen (secondary N) is 1. The summed E-state index contributed by atoms with van der Waals surface area (Å²) in [6.07, 6.45) is 0. The molecule has 0 unspecified atom stereocenters. The van der Waals surface area contributed by atoms with E-state index in [9.17, 15) is 9.59 Å². The molecule has 0 aliphatic carbocycles. The maximum atomic E-state index is 12.0. The van der Waals surface area contributed by atoms with Crippen LogP contribution < -0.4 is 16.2 Å². The molecule has 0 aromatic heterocycles. The first kappa shape index (κ1) is 13.8. The number of anilines is 2. The van der Waals surface area contributed by atoms with E-state index in [0.29, 0.717) is 16.9 Å². The predicted octanol–water partition coefficient (Wildman–Crippen LogP) is 2.80. The van der Waals surface area contributed by atoms with Gasteiger partial charge in [0.15, 0.2) is 5.78 Å². The fourth-order valence-corrected chi connectivity index (χ4v) is 1.68. The second-order valence-electron chi connectivity index (χ2n) is 4.27. The van der Waals surface area contributed by atoms with Crippen LogP contribution in [-0.2, 0) is 0 Å². The summed E-state index contributed by atoms with van der Waals surface area (Å²) in [5.41, 5.74) is 1.74. The lowest BCUT2D eigenvalue weighted by Crippen LogP contribution is -2.40. The molecule has 0 atom stereocenters. The molecular formula is C15H15N3O2. The van der Waals surface area contributed by atoms with Gasteiger partial charge in [0.25, 0.3) is 0 Å². The zero-order chi connectivity index (χ0) is 14.5. The van der Waals surface area contributed by atoms with Crippen LogP contribution in [0.15, 0.2) is 54.6 Å². The summed E-state index contributed by atoms with van der Waals surface area (Å²) in [5.74, 6) is 5.72. The predicted molar refractivity (Wildman–Crippen MR) is 78.6 cm³/mol. The molecule has 2 amide bonds. The molecule has 0 aliphatic rings. The number of hydrazine groups is 1. The fraction of sp³-hybridized carbons (Fsp3) is 0.0667. The number of nitrogens with zero attached hydrogens (tertiary/aromatic N) is 1. The summed E-state index contributed by atoms with van der Waals surface area (Å²) >= 11 is 0. The molecule has 0 saturated carbocycles. The van der Waals surface area contributed by atoms with Crippen LogP contribution in [0.5, 0.6) is 0 Å². The largest absolute Gasteiger partial charge is 0.340 e. The summed E-state index contributed by atoms with van der Waals surface area (Å²) in [6, 6.07) is 15.1. The van der Waals surface area contributed by atoms with E-state index in [0.717, 1.165) is 5.01 Å². The highest BCUT2D eigenvalue weighted by atomic mass is 16.2. The molecule has 2 rings (SSSR count). The quantitative estimate of drug-likeness (QED) is 0.389. The summed E-state index contributed by atoms with van der Waals surface area (Å²) < 4.78 is 0. The van der Waals surface area contributed by atoms with Crippen molar-refractivity contribution in [3.63, 3.8) is 0 Å². The Morgan fingerprint density at radius 3 is 2.15 bits per heavy atom. The minimum absolute atomic E-state index is 0.0335. The number of amides is 2. The van der Waals surface area contributed by atoms with Crippen LogP contribution in [-0.4, -0.2) is 11.8 Å². The van der Waals surface area contributed by atoms with Crippen molar-refractivity contribution in [3.8, 4) is 0 Å². The highest BCUT2D eigenvalue weighted by Gasteiger charge is 2.12. The Kier molecular flexibility index (Phi) is 4.12. The maximum absolute atomic E-state index is 12.0. The van der Waals surface area contributed by atoms with E-state index in [1.165, 1.54) is 6.92 Å². The molecular weight excluding hydrogens is 254 g/mol. The van der Waals surface area contributed by atoms with Crippen LogP contribution in [0.25, 0.3) is 0 Å². The van der Waals surface area contributed by atoms with Crippen molar-refractivity contribution in [3.05, 3.63) is 60.2 Å². The Bertz CT molecular complexity index is 609. The van der Waals surface area contributed by atoms with Crippen molar-refractivity contribution < 1.29 is 9.59 Å². The molecule has 0 spiro atoms. The average Bonchev–Trinajstić information content (AvgIpc) is 2.47. The molecule has 5 heteroatoms. The third-order valence-electron chi connectivity index (χ3n) is 2.80. The van der Waals surface area contributed by atoms with Crippen LogP contribution in [0, 0.1) is 0 Å². The van der Waals surface area contributed by atoms with E-state index < -0.39 is 6.03 Å². The molecule has 0 fully saturated rings. The second kappa shape index (κ2) is 5.99. The van der Waals surface area contributed by atoms with Gasteiger partial charge < -0.3 is 5.32 Å². The van der Waals surface area contributed by atoms with Gasteiger partial charge in [-0.15, -0.1) is 0 Å². The number of para-hydroxylation sites is 1. The summed E-state index contributed by atoms with van der Waals surface area (Å²) in [6.45, 7) is 1.48. The third kappa shape index (κ3) is 3.21. The van der Waals surface area contributed by atoms with Gasteiger partial charge in [0.1, 0.15) is 0 Å². The molecule has 2 aromatic carbocycles. The van der Waals surface area contributed by atoms with Crippen LogP contribution in [0.3, 0.4) is 0 Å². The minimum atomic E-state index is -0.452. The molecule has 0 radical (unpaired) electrons. The van der Waals surface area contributed by atoms with Gasteiger partial charge >= 0.3 is 6.03 Å². The first-order valence-electron chi connectivity index (χ1n) is 6.10. The Morgan fingerprint density at radius 2 is 1.60 bits per heavy atom. The summed E-state index contributed by atoms with van der Waals surface area (Å²) in [5, 5.41) is 3.67. The molecule has 2 aromatic rings. The number of urea groups is 1. The number of hydrogen-bond donors (Lipinski definition) is 2. The Morgan fingerprint density at radius 1 is 1.00 bits per heavy atom. The van der Waals surface area contributed by atoms with E-state index in [1.54, 1.807) is 36.4 Å². The second-order valence-corrected chi connectivity index (χ2v) is 4.27. The molecule has 5 nitrogen and oxygen atoms in total. The van der Waals surface area contributed by atoms with E-state index >= 15 is 0 Å². The standard InChI is InChI=1S/C15H15N3O2/c1-11(19)12-7-9-14(10-8-12)18(16)15(20)17-13-5-3-2-4-6-13/h2-10H,16H2,1H3,(H,17,20). The number of hydrogen-bond acceptors (Lipinski definition) is 3. The van der Waals surface area contributed by atoms with E-state index in [1.807, 2.05) is 18.2 Å². The lowest BCUT2D eigenvalue weighted by molar-refractivity contribution is 0.101. The molecule has 20 heavy (non-hydrogen) atoms. The molecule has 0 aliphatic heterocycles. The van der Waals surface area contributed by atoms with Crippen molar-refractivity contribution in [2.75, 3.05) is 10.3 Å². The number of Topliss-reactive ketones (excluding diaryl/α,β-unsaturated/α-hetero) is 1. The van der Waals surface area contributed by atoms with Crippen LogP contribution in [0.1, 0.15) is 17.3 Å². The Hall–Kier alpha value is -2.66. The Balaban J connectivity index is 2.08. The zero-order valence-corrected chi connectivity index (χ0v) is 11.0. The number of ketones is 1. The first-order chi connectivity index (χ1) is 9.58. The van der Waals surface area contributed by atoms with Gasteiger partial charge in [-0.25, -0.2) is 15.6 Å². The van der Waals surface area contributed by atoms with Crippen LogP contribution in [0.4, 0.5) is 16.2 Å². The highest BCUT2D eigenvalue weighted by Crippen LogP contribution is 2.14. The lowest BCUT2D eigenvalue weighted by Gasteiger charge is -2.17.